The molecule has 0 saturated heterocycles. The molecule has 0 fully saturated rings. The molecule has 0 aliphatic heterocycles. The maximum Gasteiger partial charge on any atom is 0.125 e. The van der Waals surface area contributed by atoms with Gasteiger partial charge in [-0.15, -0.1) is 0 Å². The summed E-state index contributed by atoms with van der Waals surface area (Å²) in [5, 5.41) is 32.5. The van der Waals surface area contributed by atoms with Gasteiger partial charge in [0.05, 0.1) is 41.4 Å². The summed E-state index contributed by atoms with van der Waals surface area (Å²) in [5.74, 6) is 0.179. The first kappa shape index (κ1) is 21.7. The molecule has 0 spiro atoms. The van der Waals surface area contributed by atoms with Crippen LogP contribution in [0.1, 0.15) is 22.9 Å². The fourth-order valence-corrected chi connectivity index (χ4v) is 4.25. The highest BCUT2D eigenvalue weighted by Crippen LogP contribution is 2.38. The monoisotopic (exact) mass is 450 g/mol. The van der Waals surface area contributed by atoms with Gasteiger partial charge in [-0.3, -0.25) is 10.1 Å². The van der Waals surface area contributed by atoms with Crippen molar-refractivity contribution >= 4 is 16.6 Å². The van der Waals surface area contributed by atoms with E-state index >= 15 is 0 Å². The number of pyridine rings is 1. The van der Waals surface area contributed by atoms with Gasteiger partial charge in [-0.2, -0.15) is 5.10 Å². The zero-order valence-electron chi connectivity index (χ0n) is 19.1. The van der Waals surface area contributed by atoms with E-state index in [0.29, 0.717) is 11.3 Å². The number of aromatic nitrogens is 3. The van der Waals surface area contributed by atoms with Crippen molar-refractivity contribution < 1.29 is 10.2 Å². The number of aryl methyl sites for hydroxylation is 2. The minimum Gasteiger partial charge on any atom is -0.507 e. The minimum absolute atomic E-state index is 0.0556. The first-order valence-electron chi connectivity index (χ1n) is 11.2. The molecule has 0 bridgehead atoms. The summed E-state index contributed by atoms with van der Waals surface area (Å²) in [6, 6.07) is 23.2. The zero-order chi connectivity index (χ0) is 23.7. The molecule has 0 aliphatic carbocycles. The van der Waals surface area contributed by atoms with Crippen LogP contribution in [0.3, 0.4) is 0 Å². The van der Waals surface area contributed by atoms with Gasteiger partial charge < -0.3 is 15.5 Å². The molecular formula is C28H26N4O2. The number of aromatic hydroxyl groups is 1. The molecule has 170 valence electrons. The summed E-state index contributed by atoms with van der Waals surface area (Å²) in [4.78, 5) is 4.77. The molecule has 4 N–H and O–H groups in total. The summed E-state index contributed by atoms with van der Waals surface area (Å²) in [6.45, 7) is 3.91. The van der Waals surface area contributed by atoms with Crippen molar-refractivity contribution in [1.82, 2.24) is 15.2 Å². The zero-order valence-corrected chi connectivity index (χ0v) is 19.1. The number of hydrogen-bond donors (Lipinski definition) is 4. The largest absolute Gasteiger partial charge is 0.507 e. The number of nitrogens with one attached hydrogen (secondary N) is 2. The van der Waals surface area contributed by atoms with Crippen LogP contribution in [-0.2, 0) is 0 Å². The van der Waals surface area contributed by atoms with E-state index in [2.05, 4.69) is 21.6 Å². The van der Waals surface area contributed by atoms with Crippen LogP contribution in [0.15, 0.2) is 79.0 Å². The Labute approximate surface area is 197 Å². The minimum atomic E-state index is -0.271. The van der Waals surface area contributed by atoms with Crippen molar-refractivity contribution in [2.75, 3.05) is 11.9 Å². The normalized spacial score (nSPS) is 12.1. The number of fused-ring (bicyclic) bond motifs is 1. The van der Waals surface area contributed by atoms with E-state index in [9.17, 15) is 10.2 Å². The van der Waals surface area contributed by atoms with Gasteiger partial charge in [-0.1, -0.05) is 48.0 Å². The highest BCUT2D eigenvalue weighted by atomic mass is 16.3. The summed E-state index contributed by atoms with van der Waals surface area (Å²) in [5.41, 5.74) is 7.88. The lowest BCUT2D eigenvalue weighted by molar-refractivity contribution is 0.276. The molecule has 1 atom stereocenters. The van der Waals surface area contributed by atoms with Crippen molar-refractivity contribution in [3.63, 3.8) is 0 Å². The lowest BCUT2D eigenvalue weighted by Crippen LogP contribution is -2.15. The van der Waals surface area contributed by atoms with Gasteiger partial charge in [-0.25, -0.2) is 0 Å². The standard InChI is InChI=1S/C28H26N4O2/c1-17-8-11-27(34)24(12-17)28-23(20-9-10-25-22(13-20)18(2)31-32-25)14-21(15-29-28)30-26(16-33)19-6-4-3-5-7-19/h3-15,26,30,33-34H,16H2,1-2H3,(H,31,32). The Kier molecular flexibility index (Phi) is 5.74. The van der Waals surface area contributed by atoms with E-state index in [4.69, 9.17) is 4.98 Å². The summed E-state index contributed by atoms with van der Waals surface area (Å²) < 4.78 is 0. The SMILES string of the molecule is Cc1ccc(O)c(-c2ncc(NC(CO)c3ccccc3)cc2-c2ccc3[nH]nc(C)c3c2)c1. The lowest BCUT2D eigenvalue weighted by Gasteiger charge is -2.20. The van der Waals surface area contributed by atoms with Crippen molar-refractivity contribution in [3.8, 4) is 28.1 Å². The summed E-state index contributed by atoms with van der Waals surface area (Å²) >= 11 is 0. The predicted molar refractivity (Wildman–Crippen MR) is 136 cm³/mol. The van der Waals surface area contributed by atoms with E-state index in [1.165, 1.54) is 0 Å². The van der Waals surface area contributed by atoms with E-state index in [1.54, 1.807) is 12.3 Å². The average molecular weight is 451 g/mol. The van der Waals surface area contributed by atoms with E-state index in [0.717, 1.165) is 44.5 Å². The number of aliphatic hydroxyl groups excluding tert-OH is 1. The molecule has 0 amide bonds. The van der Waals surface area contributed by atoms with Gasteiger partial charge in [0, 0.05) is 16.5 Å². The number of hydrogen-bond acceptors (Lipinski definition) is 5. The van der Waals surface area contributed by atoms with Crippen LogP contribution in [-0.4, -0.2) is 32.0 Å². The Morgan fingerprint density at radius 2 is 1.76 bits per heavy atom. The van der Waals surface area contributed by atoms with Crippen molar-refractivity contribution in [3.05, 3.63) is 95.8 Å². The Hall–Kier alpha value is -4.16. The number of phenols is 1. The third kappa shape index (κ3) is 4.11. The highest BCUT2D eigenvalue weighted by Gasteiger charge is 2.17. The Bertz CT molecular complexity index is 1460. The number of aromatic amines is 1. The van der Waals surface area contributed by atoms with Crippen LogP contribution in [0.25, 0.3) is 33.3 Å². The number of rotatable bonds is 6. The number of benzene rings is 3. The van der Waals surface area contributed by atoms with Crippen LogP contribution < -0.4 is 5.32 Å². The molecule has 6 nitrogen and oxygen atoms in total. The van der Waals surface area contributed by atoms with Gasteiger partial charge in [-0.05, 0) is 55.3 Å². The van der Waals surface area contributed by atoms with Crippen LogP contribution >= 0.6 is 0 Å². The number of aliphatic hydroxyl groups is 1. The Morgan fingerprint density at radius 3 is 2.56 bits per heavy atom. The topological polar surface area (TPSA) is 94.1 Å². The highest BCUT2D eigenvalue weighted by molar-refractivity contribution is 5.91. The van der Waals surface area contributed by atoms with Gasteiger partial charge in [0.25, 0.3) is 0 Å². The molecule has 0 saturated carbocycles. The lowest BCUT2D eigenvalue weighted by atomic mass is 9.96. The second-order valence-corrected chi connectivity index (χ2v) is 8.50. The first-order chi connectivity index (χ1) is 16.5. The van der Waals surface area contributed by atoms with E-state index < -0.39 is 0 Å². The second kappa shape index (κ2) is 9.00. The third-order valence-corrected chi connectivity index (χ3v) is 6.08. The predicted octanol–water partition coefficient (Wildman–Crippen LogP) is 5.76. The number of anilines is 1. The van der Waals surface area contributed by atoms with Crippen LogP contribution in [0.4, 0.5) is 5.69 Å². The second-order valence-electron chi connectivity index (χ2n) is 8.50. The molecular weight excluding hydrogens is 424 g/mol. The molecule has 6 heteroatoms. The molecule has 0 radical (unpaired) electrons. The van der Waals surface area contributed by atoms with Crippen LogP contribution in [0.2, 0.25) is 0 Å². The molecule has 5 aromatic rings. The molecule has 1 unspecified atom stereocenters. The fraction of sp³-hybridized carbons (Fsp3) is 0.143. The molecule has 2 heterocycles. The molecule has 2 aromatic heterocycles. The van der Waals surface area contributed by atoms with Crippen LogP contribution in [0.5, 0.6) is 5.75 Å². The molecule has 0 aliphatic rings. The third-order valence-electron chi connectivity index (χ3n) is 6.08. The maximum atomic E-state index is 10.6. The number of phenolic OH excluding ortho intramolecular Hbond substituents is 1. The van der Waals surface area contributed by atoms with E-state index in [1.807, 2.05) is 74.5 Å². The summed E-state index contributed by atoms with van der Waals surface area (Å²) in [7, 11) is 0. The smallest absolute Gasteiger partial charge is 0.125 e. The molecule has 5 rings (SSSR count). The fourth-order valence-electron chi connectivity index (χ4n) is 4.25. The van der Waals surface area contributed by atoms with Gasteiger partial charge >= 0.3 is 0 Å². The van der Waals surface area contributed by atoms with Crippen molar-refractivity contribution in [1.29, 1.82) is 0 Å². The van der Waals surface area contributed by atoms with Crippen LogP contribution in [0, 0.1) is 13.8 Å². The number of H-pyrrole nitrogens is 1. The molecule has 3 aromatic carbocycles. The van der Waals surface area contributed by atoms with Crippen molar-refractivity contribution in [2.45, 2.75) is 19.9 Å². The molecule has 34 heavy (non-hydrogen) atoms. The van der Waals surface area contributed by atoms with E-state index in [-0.39, 0.29) is 18.4 Å². The van der Waals surface area contributed by atoms with Crippen molar-refractivity contribution in [2.24, 2.45) is 0 Å². The quantitative estimate of drug-likeness (QED) is 0.264. The van der Waals surface area contributed by atoms with Gasteiger partial charge in [0.2, 0.25) is 0 Å². The number of nitrogens with zero attached hydrogens (tertiary/aromatic N) is 2. The summed E-state index contributed by atoms with van der Waals surface area (Å²) in [6.07, 6.45) is 1.74. The maximum absolute atomic E-state index is 10.6. The average Bonchev–Trinajstić information content (AvgIpc) is 3.24. The first-order valence-corrected chi connectivity index (χ1v) is 11.2. The van der Waals surface area contributed by atoms with Gasteiger partial charge in [0.1, 0.15) is 5.75 Å². The Morgan fingerprint density at radius 1 is 0.941 bits per heavy atom. The Balaban J connectivity index is 1.65. The van der Waals surface area contributed by atoms with Gasteiger partial charge in [0.15, 0.2) is 0 Å².